The van der Waals surface area contributed by atoms with E-state index >= 15 is 0 Å². The van der Waals surface area contributed by atoms with Crippen LogP contribution in [0.3, 0.4) is 0 Å². The van der Waals surface area contributed by atoms with Crippen LogP contribution in [0.4, 0.5) is 5.69 Å². The number of amides is 1. The van der Waals surface area contributed by atoms with Crippen molar-refractivity contribution in [3.8, 4) is 0 Å². The molecule has 0 spiro atoms. The first-order chi connectivity index (χ1) is 15.0. The third kappa shape index (κ3) is 3.37. The number of benzene rings is 1. The van der Waals surface area contributed by atoms with Gasteiger partial charge in [0.05, 0.1) is 0 Å². The third-order valence-corrected chi connectivity index (χ3v) is 6.08. The van der Waals surface area contributed by atoms with Gasteiger partial charge in [-0.05, 0) is 40.5 Å². The number of hydrogen-bond donors (Lipinski definition) is 1. The number of anilines is 1. The molecule has 3 atom stereocenters. The molecule has 2 bridgehead atoms. The molecule has 1 unspecified atom stereocenters. The van der Waals surface area contributed by atoms with Crippen LogP contribution in [0.5, 0.6) is 0 Å². The van der Waals surface area contributed by atoms with Crippen molar-refractivity contribution in [3.63, 3.8) is 0 Å². The van der Waals surface area contributed by atoms with Crippen LogP contribution in [0.1, 0.15) is 29.6 Å². The summed E-state index contributed by atoms with van der Waals surface area (Å²) in [4.78, 5) is 28.0. The maximum Gasteiger partial charge on any atom is 0.275 e. The Hall–Kier alpha value is -3.57. The second-order valence-corrected chi connectivity index (χ2v) is 7.98. The lowest BCUT2D eigenvalue weighted by Gasteiger charge is -2.44. The molecule has 1 aromatic carbocycles. The summed E-state index contributed by atoms with van der Waals surface area (Å²) in [6.45, 7) is 1.31. The highest BCUT2D eigenvalue weighted by atomic mass is 16.8. The van der Waals surface area contributed by atoms with Crippen LogP contribution in [0, 0.1) is 11.1 Å². The van der Waals surface area contributed by atoms with Gasteiger partial charge in [-0.15, -0.1) is 5.10 Å². The Kier molecular flexibility index (Phi) is 4.75. The van der Waals surface area contributed by atoms with Crippen LogP contribution >= 0.6 is 0 Å². The number of fused-ring (bicyclic) bond motifs is 4. The van der Waals surface area contributed by atoms with E-state index in [0.29, 0.717) is 19.6 Å². The van der Waals surface area contributed by atoms with Crippen molar-refractivity contribution in [2.24, 2.45) is 5.92 Å². The predicted molar refractivity (Wildman–Crippen MR) is 108 cm³/mol. The first kappa shape index (κ1) is 19.4. The summed E-state index contributed by atoms with van der Waals surface area (Å²) in [6.07, 6.45) is 2.28. The summed E-state index contributed by atoms with van der Waals surface area (Å²) in [6, 6.07) is 11.7. The Labute approximate surface area is 176 Å². The maximum absolute atomic E-state index is 13.6. The number of tetrazole rings is 1. The van der Waals surface area contributed by atoms with E-state index in [2.05, 4.69) is 15.5 Å². The average Bonchev–Trinajstić information content (AvgIpc) is 3.29. The Balaban J connectivity index is 1.46. The van der Waals surface area contributed by atoms with Gasteiger partial charge in [0.1, 0.15) is 12.0 Å². The molecule has 0 aliphatic carbocycles. The molecular formula is C20H20N7O4-. The van der Waals surface area contributed by atoms with Crippen LogP contribution < -0.4 is 10.8 Å². The molecule has 0 radical (unpaired) electrons. The number of aromatic nitrogens is 5. The van der Waals surface area contributed by atoms with Gasteiger partial charge in [-0.25, -0.2) is 4.68 Å². The molecule has 3 aromatic rings. The van der Waals surface area contributed by atoms with Crippen molar-refractivity contribution < 1.29 is 10.0 Å². The average molecular weight is 422 g/mol. The van der Waals surface area contributed by atoms with Crippen molar-refractivity contribution >= 4 is 11.6 Å². The standard InChI is InChI=1S/C20H20N7O4/c28-19-17(27(30)31)7-6-16-15-8-13(10-25(16)19)9-24(11-15)20(29)18(26-12-21-22-23-26)14-4-2-1-3-5-14/h1-7,12-13,15,18,30H,8-11H2/q-1/t13-,15?,18-/m0/s1. The molecule has 1 amide bonds. The maximum atomic E-state index is 13.6. The fourth-order valence-electron chi connectivity index (χ4n) is 4.76. The number of hydrogen-bond acceptors (Lipinski definition) is 8. The molecule has 4 heterocycles. The second kappa shape index (κ2) is 7.60. The molecular weight excluding hydrogens is 402 g/mol. The van der Waals surface area contributed by atoms with Gasteiger partial charge < -0.3 is 19.9 Å². The minimum atomic E-state index is -0.678. The van der Waals surface area contributed by atoms with E-state index in [9.17, 15) is 20.0 Å². The fourth-order valence-corrected chi connectivity index (χ4v) is 4.76. The lowest BCUT2D eigenvalue weighted by molar-refractivity contribution is -0.136. The van der Waals surface area contributed by atoms with Gasteiger partial charge in [-0.1, -0.05) is 30.3 Å². The smallest absolute Gasteiger partial charge is 0.275 e. The van der Waals surface area contributed by atoms with Gasteiger partial charge in [-0.3, -0.25) is 14.8 Å². The van der Waals surface area contributed by atoms with Crippen molar-refractivity contribution in [1.29, 1.82) is 0 Å². The van der Waals surface area contributed by atoms with E-state index in [1.807, 2.05) is 35.2 Å². The van der Waals surface area contributed by atoms with Crippen molar-refractivity contribution in [1.82, 2.24) is 29.7 Å². The number of rotatable bonds is 4. The fraction of sp³-hybridized carbons (Fsp3) is 0.350. The predicted octanol–water partition coefficient (Wildman–Crippen LogP) is 0.763. The molecule has 2 aliphatic heterocycles. The SMILES string of the molecule is O=C([C@H](c1ccccc1)n1cnnn1)N1CC2C[C@@H](C1)Cn1c2ccc(N([O-])O)c1=O. The Morgan fingerprint density at radius 2 is 1.97 bits per heavy atom. The zero-order chi connectivity index (χ0) is 21.5. The molecule has 11 heteroatoms. The number of likely N-dealkylation sites (tertiary alicyclic amines) is 1. The van der Waals surface area contributed by atoms with Gasteiger partial charge >= 0.3 is 0 Å². The molecule has 2 aromatic heterocycles. The van der Waals surface area contributed by atoms with Crippen molar-refractivity contribution in [2.45, 2.75) is 24.9 Å². The highest BCUT2D eigenvalue weighted by Gasteiger charge is 2.39. The lowest BCUT2D eigenvalue weighted by Crippen LogP contribution is -2.51. The zero-order valence-corrected chi connectivity index (χ0v) is 16.5. The van der Waals surface area contributed by atoms with Crippen molar-refractivity contribution in [3.05, 3.63) is 75.6 Å². The zero-order valence-electron chi connectivity index (χ0n) is 16.5. The number of nitrogens with zero attached hydrogens (tertiary/aromatic N) is 7. The normalized spacial score (nSPS) is 20.8. The number of piperidine rings is 1. The van der Waals surface area contributed by atoms with Crippen LogP contribution in [0.25, 0.3) is 0 Å². The van der Waals surface area contributed by atoms with E-state index in [0.717, 1.165) is 17.7 Å². The third-order valence-electron chi connectivity index (χ3n) is 6.08. The van der Waals surface area contributed by atoms with Crippen LogP contribution in [0.15, 0.2) is 53.6 Å². The van der Waals surface area contributed by atoms with E-state index in [-0.39, 0.29) is 23.4 Å². The van der Waals surface area contributed by atoms with E-state index in [1.54, 1.807) is 10.6 Å². The summed E-state index contributed by atoms with van der Waals surface area (Å²) in [7, 11) is 0. The minimum absolute atomic E-state index is 0.0395. The molecule has 1 fully saturated rings. The molecule has 5 rings (SSSR count). The molecule has 11 nitrogen and oxygen atoms in total. The van der Waals surface area contributed by atoms with E-state index in [1.165, 1.54) is 17.1 Å². The Bertz CT molecular complexity index is 1150. The van der Waals surface area contributed by atoms with Crippen LogP contribution in [-0.4, -0.2) is 53.9 Å². The number of carbonyl (C=O) groups is 1. The highest BCUT2D eigenvalue weighted by Crippen LogP contribution is 2.36. The topological polar surface area (TPSA) is 132 Å². The summed E-state index contributed by atoms with van der Waals surface area (Å²) >= 11 is 0. The Morgan fingerprint density at radius 1 is 1.16 bits per heavy atom. The van der Waals surface area contributed by atoms with Crippen LogP contribution in [-0.2, 0) is 11.3 Å². The largest absolute Gasteiger partial charge is 0.733 e. The lowest BCUT2D eigenvalue weighted by atomic mass is 9.82. The van der Waals surface area contributed by atoms with E-state index < -0.39 is 16.8 Å². The molecule has 0 saturated carbocycles. The summed E-state index contributed by atoms with van der Waals surface area (Å²) < 4.78 is 3.00. The first-order valence-corrected chi connectivity index (χ1v) is 9.99. The molecule has 1 N–H and O–H groups in total. The monoisotopic (exact) mass is 422 g/mol. The van der Waals surface area contributed by atoms with Crippen molar-refractivity contribution in [2.75, 3.05) is 18.3 Å². The first-order valence-electron chi connectivity index (χ1n) is 9.99. The summed E-state index contributed by atoms with van der Waals surface area (Å²) in [5, 5.41) is 31.4. The minimum Gasteiger partial charge on any atom is -0.733 e. The number of carbonyl (C=O) groups excluding carboxylic acids is 1. The molecule has 1 saturated heterocycles. The molecule has 160 valence electrons. The van der Waals surface area contributed by atoms with Gasteiger partial charge in [0.15, 0.2) is 6.04 Å². The molecule has 2 aliphatic rings. The molecule has 31 heavy (non-hydrogen) atoms. The van der Waals surface area contributed by atoms with E-state index in [4.69, 9.17) is 0 Å². The summed E-state index contributed by atoms with van der Waals surface area (Å²) in [5.74, 6) is -0.0868. The Morgan fingerprint density at radius 3 is 2.68 bits per heavy atom. The van der Waals surface area contributed by atoms with Crippen LogP contribution in [0.2, 0.25) is 0 Å². The second-order valence-electron chi connectivity index (χ2n) is 7.98. The van der Waals surface area contributed by atoms with Gasteiger partial charge in [-0.2, -0.15) is 0 Å². The highest BCUT2D eigenvalue weighted by molar-refractivity contribution is 5.83. The van der Waals surface area contributed by atoms with Gasteiger partial charge in [0, 0.05) is 31.2 Å². The quantitative estimate of drug-likeness (QED) is 0.610. The van der Waals surface area contributed by atoms with Gasteiger partial charge in [0.25, 0.3) is 11.5 Å². The number of pyridine rings is 1. The summed E-state index contributed by atoms with van der Waals surface area (Å²) in [5.41, 5.74) is 0.734. The van der Waals surface area contributed by atoms with Gasteiger partial charge in [0.2, 0.25) is 0 Å².